The molecule has 0 nitrogen and oxygen atoms in total. The van der Waals surface area contributed by atoms with Crippen LogP contribution in [0.5, 0.6) is 0 Å². The molecule has 0 aliphatic heterocycles. The second kappa shape index (κ2) is 5.55. The van der Waals surface area contributed by atoms with Crippen molar-refractivity contribution >= 4 is 6.08 Å². The Hall–Kier alpha value is -1.37. The molecule has 0 amide bonds. The van der Waals surface area contributed by atoms with Gasteiger partial charge in [-0.05, 0) is 52.1 Å². The van der Waals surface area contributed by atoms with Crippen molar-refractivity contribution in [2.24, 2.45) is 5.41 Å². The first-order valence-corrected chi connectivity index (χ1v) is 7.11. The van der Waals surface area contributed by atoms with Gasteiger partial charge in [-0.3, -0.25) is 0 Å². The Morgan fingerprint density at radius 3 is 2.10 bits per heavy atom. The fourth-order valence-electron chi connectivity index (χ4n) is 1.88. The molecule has 0 unspecified atom stereocenters. The van der Waals surface area contributed by atoms with Crippen LogP contribution in [-0.4, -0.2) is 0 Å². The molecule has 1 heteroatoms. The number of halogens is 1. The molecule has 0 heterocycles. The molecule has 0 saturated carbocycles. The summed E-state index contributed by atoms with van der Waals surface area (Å²) in [6.45, 7) is 18.5. The van der Waals surface area contributed by atoms with Gasteiger partial charge in [-0.1, -0.05) is 60.3 Å². The van der Waals surface area contributed by atoms with Gasteiger partial charge in [0.2, 0.25) is 0 Å². The number of hydrogen-bond acceptors (Lipinski definition) is 0. The summed E-state index contributed by atoms with van der Waals surface area (Å²) < 4.78 is 14.1. The molecule has 0 atom stereocenters. The average molecular weight is 274 g/mol. The number of hydrogen-bond donors (Lipinski definition) is 0. The fraction of sp³-hybridized carbons (Fsp3) is 0.474. The number of allylic oxidation sites excluding steroid dienone is 2. The molecule has 1 rings (SSSR count). The first-order valence-electron chi connectivity index (χ1n) is 7.11. The highest BCUT2D eigenvalue weighted by molar-refractivity contribution is 5.58. The van der Waals surface area contributed by atoms with Crippen molar-refractivity contribution < 1.29 is 4.39 Å². The highest BCUT2D eigenvalue weighted by Crippen LogP contribution is 2.29. The Labute approximate surface area is 123 Å². The quantitative estimate of drug-likeness (QED) is 0.576. The lowest BCUT2D eigenvalue weighted by Crippen LogP contribution is -2.14. The van der Waals surface area contributed by atoms with Crippen LogP contribution in [0.15, 0.2) is 30.4 Å². The minimum absolute atomic E-state index is 0.0529. The van der Waals surface area contributed by atoms with Crippen LogP contribution in [0.2, 0.25) is 0 Å². The van der Waals surface area contributed by atoms with Gasteiger partial charge in [0.05, 0.1) is 0 Å². The van der Waals surface area contributed by atoms with Crippen LogP contribution in [0, 0.1) is 18.2 Å². The summed E-state index contributed by atoms with van der Waals surface area (Å²) in [6.07, 6.45) is 4.07. The van der Waals surface area contributed by atoms with Crippen LogP contribution in [0.3, 0.4) is 0 Å². The Morgan fingerprint density at radius 2 is 1.65 bits per heavy atom. The van der Waals surface area contributed by atoms with Crippen molar-refractivity contribution in [3.05, 3.63) is 52.9 Å². The van der Waals surface area contributed by atoms with Crippen LogP contribution >= 0.6 is 0 Å². The van der Waals surface area contributed by atoms with Crippen molar-refractivity contribution in [2.75, 3.05) is 0 Å². The first-order chi connectivity index (χ1) is 8.93. The molecule has 110 valence electrons. The minimum Gasteiger partial charge on any atom is -0.207 e. The van der Waals surface area contributed by atoms with Gasteiger partial charge in [0.25, 0.3) is 0 Å². The molecular formula is C19H27F. The summed E-state index contributed by atoms with van der Waals surface area (Å²) in [5, 5.41) is 0. The summed E-state index contributed by atoms with van der Waals surface area (Å²) in [5.74, 6) is -0.123. The van der Waals surface area contributed by atoms with E-state index in [4.69, 9.17) is 0 Å². The summed E-state index contributed by atoms with van der Waals surface area (Å²) in [6, 6.07) is 3.58. The summed E-state index contributed by atoms with van der Waals surface area (Å²) in [5.41, 5.74) is 3.69. The molecule has 0 saturated heterocycles. The zero-order chi connectivity index (χ0) is 15.7. The summed E-state index contributed by atoms with van der Waals surface area (Å²) >= 11 is 0. The molecule has 0 aliphatic carbocycles. The maximum atomic E-state index is 14.1. The van der Waals surface area contributed by atoms with E-state index in [0.29, 0.717) is 0 Å². The molecule has 0 spiro atoms. The van der Waals surface area contributed by atoms with E-state index in [1.54, 1.807) is 6.07 Å². The number of aryl methyl sites for hydroxylation is 1. The molecule has 1 aromatic rings. The normalized spacial score (nSPS) is 13.0. The topological polar surface area (TPSA) is 0 Å². The van der Waals surface area contributed by atoms with E-state index in [0.717, 1.165) is 22.3 Å². The second-order valence-electron chi connectivity index (χ2n) is 7.55. The maximum Gasteiger partial charge on any atom is 0.127 e. The Morgan fingerprint density at radius 1 is 1.10 bits per heavy atom. The SMILES string of the molecule is C=C(/C=C\c1cc(C(C)(C)C)c(F)cc1C)C(C)(C)C. The van der Waals surface area contributed by atoms with Gasteiger partial charge in [0.1, 0.15) is 5.82 Å². The van der Waals surface area contributed by atoms with E-state index >= 15 is 0 Å². The minimum atomic E-state index is -0.193. The molecule has 0 fully saturated rings. The van der Waals surface area contributed by atoms with Gasteiger partial charge in [-0.25, -0.2) is 4.39 Å². The molecule has 0 bridgehead atoms. The van der Waals surface area contributed by atoms with Crippen LogP contribution < -0.4 is 0 Å². The zero-order valence-corrected chi connectivity index (χ0v) is 13.9. The third-order valence-electron chi connectivity index (χ3n) is 3.59. The lowest BCUT2D eigenvalue weighted by atomic mass is 9.84. The Kier molecular flexibility index (Phi) is 4.63. The number of rotatable bonds is 2. The lowest BCUT2D eigenvalue weighted by Gasteiger charge is -2.21. The van der Waals surface area contributed by atoms with Gasteiger partial charge >= 0.3 is 0 Å². The Bertz CT molecular complexity index is 534. The van der Waals surface area contributed by atoms with Crippen molar-refractivity contribution in [3.8, 4) is 0 Å². The highest BCUT2D eigenvalue weighted by atomic mass is 19.1. The number of benzene rings is 1. The molecule has 0 aromatic heterocycles. The third kappa shape index (κ3) is 4.06. The van der Waals surface area contributed by atoms with E-state index in [1.807, 2.05) is 45.9 Å². The smallest absolute Gasteiger partial charge is 0.127 e. The maximum absolute atomic E-state index is 14.1. The summed E-state index contributed by atoms with van der Waals surface area (Å²) in [4.78, 5) is 0. The second-order valence-corrected chi connectivity index (χ2v) is 7.55. The van der Waals surface area contributed by atoms with E-state index < -0.39 is 0 Å². The van der Waals surface area contributed by atoms with Crippen molar-refractivity contribution in [2.45, 2.75) is 53.9 Å². The van der Waals surface area contributed by atoms with Gasteiger partial charge in [0.15, 0.2) is 0 Å². The molecule has 0 aliphatic rings. The standard InChI is InChI=1S/C19H27F/c1-13-11-17(20)16(19(6,7)8)12-15(13)10-9-14(2)18(3,4)5/h9-12H,2H2,1,3-8H3/b10-9-. The van der Waals surface area contributed by atoms with Gasteiger partial charge in [0, 0.05) is 0 Å². The largest absolute Gasteiger partial charge is 0.207 e. The third-order valence-corrected chi connectivity index (χ3v) is 3.59. The molecule has 20 heavy (non-hydrogen) atoms. The average Bonchev–Trinajstić information content (AvgIpc) is 2.24. The van der Waals surface area contributed by atoms with Crippen molar-refractivity contribution in [3.63, 3.8) is 0 Å². The van der Waals surface area contributed by atoms with E-state index in [9.17, 15) is 4.39 Å². The van der Waals surface area contributed by atoms with Crippen LogP contribution in [0.25, 0.3) is 6.08 Å². The van der Waals surface area contributed by atoms with Crippen LogP contribution in [0.4, 0.5) is 4.39 Å². The zero-order valence-electron chi connectivity index (χ0n) is 13.9. The highest BCUT2D eigenvalue weighted by Gasteiger charge is 2.19. The van der Waals surface area contributed by atoms with Crippen LogP contribution in [0.1, 0.15) is 58.2 Å². The van der Waals surface area contributed by atoms with E-state index in [-0.39, 0.29) is 16.6 Å². The monoisotopic (exact) mass is 274 g/mol. The molecule has 0 radical (unpaired) electrons. The van der Waals surface area contributed by atoms with Gasteiger partial charge < -0.3 is 0 Å². The molecular weight excluding hydrogens is 247 g/mol. The Balaban J connectivity index is 3.21. The van der Waals surface area contributed by atoms with Crippen LogP contribution in [-0.2, 0) is 5.41 Å². The van der Waals surface area contributed by atoms with E-state index in [2.05, 4.69) is 27.4 Å². The predicted octanol–water partition coefficient (Wildman–Crippen LogP) is 6.05. The van der Waals surface area contributed by atoms with Crippen molar-refractivity contribution in [1.82, 2.24) is 0 Å². The van der Waals surface area contributed by atoms with Crippen molar-refractivity contribution in [1.29, 1.82) is 0 Å². The lowest BCUT2D eigenvalue weighted by molar-refractivity contribution is 0.519. The first kappa shape index (κ1) is 16.7. The van der Waals surface area contributed by atoms with Gasteiger partial charge in [-0.15, -0.1) is 0 Å². The molecule has 1 aromatic carbocycles. The molecule has 0 N–H and O–H groups in total. The fourth-order valence-corrected chi connectivity index (χ4v) is 1.88. The summed E-state index contributed by atoms with van der Waals surface area (Å²) in [7, 11) is 0. The predicted molar refractivity (Wildman–Crippen MR) is 87.5 cm³/mol. The van der Waals surface area contributed by atoms with E-state index in [1.165, 1.54) is 0 Å². The van der Waals surface area contributed by atoms with Gasteiger partial charge in [-0.2, -0.15) is 0 Å².